The summed E-state index contributed by atoms with van der Waals surface area (Å²) < 4.78 is 20.0. The van der Waals surface area contributed by atoms with Crippen molar-refractivity contribution in [3.05, 3.63) is 0 Å². The van der Waals surface area contributed by atoms with E-state index in [1.54, 1.807) is 13.8 Å². The van der Waals surface area contributed by atoms with E-state index in [2.05, 4.69) is 0 Å². The molecule has 76 valence electrons. The summed E-state index contributed by atoms with van der Waals surface area (Å²) in [6.07, 6.45) is -0.621. The van der Waals surface area contributed by atoms with Crippen molar-refractivity contribution in [1.82, 2.24) is 0 Å². The van der Waals surface area contributed by atoms with Gasteiger partial charge in [-0.15, -0.1) is 0 Å². The summed E-state index contributed by atoms with van der Waals surface area (Å²) >= 11 is 0. The van der Waals surface area contributed by atoms with Crippen molar-refractivity contribution in [2.45, 2.75) is 20.0 Å². The van der Waals surface area contributed by atoms with E-state index in [9.17, 15) is 4.79 Å². The smallest absolute Gasteiger partial charge is 0.335 e. The summed E-state index contributed by atoms with van der Waals surface area (Å²) in [5.41, 5.74) is 0. The second-order valence-corrected chi connectivity index (χ2v) is 3.56. The van der Waals surface area contributed by atoms with Crippen molar-refractivity contribution in [2.75, 3.05) is 19.8 Å². The summed E-state index contributed by atoms with van der Waals surface area (Å²) in [4.78, 5) is 11.1. The molecule has 1 saturated heterocycles. The molecule has 1 atom stereocenters. The first kappa shape index (κ1) is 10.9. The molecule has 1 aliphatic rings. The first-order valence-corrected chi connectivity index (χ1v) is 5.23. The monoisotopic (exact) mass is 208 g/mol. The van der Waals surface area contributed by atoms with Gasteiger partial charge in [-0.25, -0.2) is 4.79 Å². The Kier molecular flexibility index (Phi) is 4.59. The molecular formula is C7H13O5P. The second kappa shape index (κ2) is 5.50. The van der Waals surface area contributed by atoms with Crippen molar-refractivity contribution in [1.29, 1.82) is 0 Å². The van der Waals surface area contributed by atoms with Crippen LogP contribution in [0, 0.1) is 0 Å². The maximum Gasteiger partial charge on any atom is 0.335 e. The lowest BCUT2D eigenvalue weighted by atomic mass is 10.4. The zero-order valence-corrected chi connectivity index (χ0v) is 8.58. The predicted molar refractivity (Wildman–Crippen MR) is 46.0 cm³/mol. The Morgan fingerprint density at radius 3 is 2.69 bits per heavy atom. The molecule has 1 heterocycles. The van der Waals surface area contributed by atoms with Gasteiger partial charge < -0.3 is 13.8 Å². The van der Waals surface area contributed by atoms with E-state index in [0.717, 1.165) is 0 Å². The summed E-state index contributed by atoms with van der Waals surface area (Å²) in [6, 6.07) is 0. The Morgan fingerprint density at radius 2 is 2.15 bits per heavy atom. The van der Waals surface area contributed by atoms with E-state index >= 15 is 0 Å². The van der Waals surface area contributed by atoms with E-state index < -0.39 is 14.7 Å². The van der Waals surface area contributed by atoms with Crippen LogP contribution in [0.5, 0.6) is 0 Å². The van der Waals surface area contributed by atoms with Crippen molar-refractivity contribution < 1.29 is 23.1 Å². The standard InChI is InChI=1S/C7H13O5P/c1-3-9-7(8)6(2)12-13-10-4-5-11-13/h6H,3-5H2,1-2H3. The molecule has 0 N–H and O–H groups in total. The maximum atomic E-state index is 11.1. The number of ether oxygens (including phenoxy) is 1. The number of hydrogen-bond acceptors (Lipinski definition) is 5. The molecule has 13 heavy (non-hydrogen) atoms. The van der Waals surface area contributed by atoms with Gasteiger partial charge >= 0.3 is 14.6 Å². The number of carbonyl (C=O) groups is 1. The topological polar surface area (TPSA) is 54.0 Å². The van der Waals surface area contributed by atoms with Crippen LogP contribution in [-0.2, 0) is 23.1 Å². The van der Waals surface area contributed by atoms with Gasteiger partial charge in [-0.2, -0.15) is 0 Å². The van der Waals surface area contributed by atoms with E-state index in [4.69, 9.17) is 18.3 Å². The molecular weight excluding hydrogens is 195 g/mol. The number of carbonyl (C=O) groups excluding carboxylic acids is 1. The Labute approximate surface area is 78.3 Å². The minimum atomic E-state index is -1.33. The molecule has 5 nitrogen and oxygen atoms in total. The molecule has 1 aliphatic heterocycles. The minimum Gasteiger partial charge on any atom is -0.464 e. The fraction of sp³-hybridized carbons (Fsp3) is 0.857. The molecule has 1 unspecified atom stereocenters. The molecule has 0 radical (unpaired) electrons. The van der Waals surface area contributed by atoms with Crippen LogP contribution in [0.1, 0.15) is 13.8 Å². The van der Waals surface area contributed by atoms with Gasteiger partial charge in [-0.05, 0) is 13.8 Å². The first-order chi connectivity index (χ1) is 6.24. The predicted octanol–water partition coefficient (Wildman–Crippen LogP) is 1.23. The summed E-state index contributed by atoms with van der Waals surface area (Å²) in [7, 11) is -1.33. The average molecular weight is 208 g/mol. The van der Waals surface area contributed by atoms with Gasteiger partial charge in [0.15, 0.2) is 6.10 Å². The van der Waals surface area contributed by atoms with Crippen LogP contribution in [0.4, 0.5) is 0 Å². The summed E-state index contributed by atoms with van der Waals surface area (Å²) in [5.74, 6) is -0.385. The third-order valence-corrected chi connectivity index (χ3v) is 2.61. The van der Waals surface area contributed by atoms with Crippen LogP contribution < -0.4 is 0 Å². The third-order valence-electron chi connectivity index (χ3n) is 1.34. The van der Waals surface area contributed by atoms with E-state index in [1.807, 2.05) is 0 Å². The second-order valence-electron chi connectivity index (χ2n) is 2.39. The summed E-state index contributed by atoms with van der Waals surface area (Å²) in [5, 5.41) is 0. The van der Waals surface area contributed by atoms with Crippen molar-refractivity contribution >= 4 is 14.6 Å². The molecule has 0 aromatic heterocycles. The Morgan fingerprint density at radius 1 is 1.54 bits per heavy atom. The molecule has 0 bridgehead atoms. The van der Waals surface area contributed by atoms with Crippen LogP contribution in [0.2, 0.25) is 0 Å². The fourth-order valence-corrected chi connectivity index (χ4v) is 1.74. The van der Waals surface area contributed by atoms with Crippen LogP contribution in [0.3, 0.4) is 0 Å². The van der Waals surface area contributed by atoms with Crippen LogP contribution in [-0.4, -0.2) is 31.9 Å². The molecule has 0 aromatic carbocycles. The SMILES string of the molecule is CCOC(=O)C(C)OP1OCCO1. The molecule has 0 saturated carbocycles. The largest absolute Gasteiger partial charge is 0.464 e. The number of rotatable bonds is 4. The van der Waals surface area contributed by atoms with Gasteiger partial charge in [-0.3, -0.25) is 4.52 Å². The minimum absolute atomic E-state index is 0.353. The van der Waals surface area contributed by atoms with Crippen molar-refractivity contribution in [3.63, 3.8) is 0 Å². The Balaban J connectivity index is 2.22. The molecule has 1 rings (SSSR count). The van der Waals surface area contributed by atoms with E-state index in [0.29, 0.717) is 19.8 Å². The van der Waals surface area contributed by atoms with E-state index in [-0.39, 0.29) is 5.97 Å². The number of hydrogen-bond donors (Lipinski definition) is 0. The van der Waals surface area contributed by atoms with Gasteiger partial charge in [-0.1, -0.05) is 0 Å². The third kappa shape index (κ3) is 3.56. The lowest BCUT2D eigenvalue weighted by molar-refractivity contribution is -0.150. The highest BCUT2D eigenvalue weighted by Crippen LogP contribution is 2.44. The average Bonchev–Trinajstić information content (AvgIpc) is 2.57. The van der Waals surface area contributed by atoms with Crippen LogP contribution >= 0.6 is 8.60 Å². The van der Waals surface area contributed by atoms with Crippen molar-refractivity contribution in [3.8, 4) is 0 Å². The molecule has 6 heteroatoms. The fourth-order valence-electron chi connectivity index (χ4n) is 0.753. The van der Waals surface area contributed by atoms with Gasteiger partial charge in [0.25, 0.3) is 0 Å². The Bertz CT molecular complexity index is 168. The molecule has 0 spiro atoms. The van der Waals surface area contributed by atoms with Crippen LogP contribution in [0.25, 0.3) is 0 Å². The van der Waals surface area contributed by atoms with Gasteiger partial charge in [0.1, 0.15) is 0 Å². The highest BCUT2D eigenvalue weighted by molar-refractivity contribution is 7.42. The molecule has 0 aliphatic carbocycles. The molecule has 0 aromatic rings. The van der Waals surface area contributed by atoms with E-state index in [1.165, 1.54) is 0 Å². The molecule has 1 fully saturated rings. The van der Waals surface area contributed by atoms with Gasteiger partial charge in [0.05, 0.1) is 19.8 Å². The lowest BCUT2D eigenvalue weighted by Crippen LogP contribution is -2.21. The molecule has 0 amide bonds. The lowest BCUT2D eigenvalue weighted by Gasteiger charge is -2.13. The highest BCUT2D eigenvalue weighted by atomic mass is 31.2. The summed E-state index contributed by atoms with van der Waals surface area (Å²) in [6.45, 7) is 4.78. The zero-order chi connectivity index (χ0) is 9.68. The highest BCUT2D eigenvalue weighted by Gasteiger charge is 2.25. The van der Waals surface area contributed by atoms with Crippen molar-refractivity contribution in [2.24, 2.45) is 0 Å². The normalized spacial score (nSPS) is 20.2. The maximum absolute atomic E-state index is 11.1. The first-order valence-electron chi connectivity index (χ1n) is 4.13. The quantitative estimate of drug-likeness (QED) is 0.513. The Hall–Kier alpha value is -0.220. The van der Waals surface area contributed by atoms with Crippen LogP contribution in [0.15, 0.2) is 0 Å². The van der Waals surface area contributed by atoms with Gasteiger partial charge in [0, 0.05) is 0 Å². The number of esters is 1. The van der Waals surface area contributed by atoms with Gasteiger partial charge in [0.2, 0.25) is 0 Å². The zero-order valence-electron chi connectivity index (χ0n) is 7.69.